The second-order valence-corrected chi connectivity index (χ2v) is 5.69. The van der Waals surface area contributed by atoms with Gasteiger partial charge in [0, 0.05) is 12.3 Å². The zero-order valence-corrected chi connectivity index (χ0v) is 10.0. The van der Waals surface area contributed by atoms with E-state index in [9.17, 15) is 9.59 Å². The summed E-state index contributed by atoms with van der Waals surface area (Å²) >= 11 is 0. The van der Waals surface area contributed by atoms with Gasteiger partial charge in [0.15, 0.2) is 0 Å². The first-order valence-electron chi connectivity index (χ1n) is 6.22. The normalized spacial score (nSPS) is 40.5. The summed E-state index contributed by atoms with van der Waals surface area (Å²) in [5.41, 5.74) is -0.0485. The summed E-state index contributed by atoms with van der Waals surface area (Å²) in [5.74, 6) is -0.355. The van der Waals surface area contributed by atoms with Crippen LogP contribution in [0.15, 0.2) is 0 Å². The predicted molar refractivity (Wildman–Crippen MR) is 60.0 cm³/mol. The molecule has 0 aromatic carbocycles. The van der Waals surface area contributed by atoms with Crippen LogP contribution in [0.5, 0.6) is 0 Å². The molecule has 0 aromatic rings. The molecule has 90 valence electrons. The number of carbonyl (C=O) groups excluding carboxylic acids is 1. The molecule has 2 saturated carbocycles. The summed E-state index contributed by atoms with van der Waals surface area (Å²) < 4.78 is 0. The molecule has 0 amide bonds. The van der Waals surface area contributed by atoms with E-state index in [4.69, 9.17) is 5.11 Å². The van der Waals surface area contributed by atoms with Crippen molar-refractivity contribution in [1.29, 1.82) is 0 Å². The van der Waals surface area contributed by atoms with Crippen LogP contribution in [0.2, 0.25) is 0 Å². The van der Waals surface area contributed by atoms with E-state index in [1.54, 1.807) is 6.92 Å². The monoisotopic (exact) mass is 224 g/mol. The first-order chi connectivity index (χ1) is 7.47. The summed E-state index contributed by atoms with van der Waals surface area (Å²) in [4.78, 5) is 23.0. The maximum atomic E-state index is 11.9. The van der Waals surface area contributed by atoms with Crippen LogP contribution >= 0.6 is 0 Å². The highest BCUT2D eigenvalue weighted by Crippen LogP contribution is 2.56. The van der Waals surface area contributed by atoms with Crippen molar-refractivity contribution in [3.05, 3.63) is 0 Å². The number of carbonyl (C=O) groups is 2. The zero-order valence-electron chi connectivity index (χ0n) is 10.0. The van der Waals surface area contributed by atoms with Crippen LogP contribution in [-0.2, 0) is 9.59 Å². The Hall–Kier alpha value is -0.860. The molecule has 0 unspecified atom stereocenters. The fourth-order valence-corrected chi connectivity index (χ4v) is 3.96. The van der Waals surface area contributed by atoms with Gasteiger partial charge in [-0.3, -0.25) is 9.59 Å². The lowest BCUT2D eigenvalue weighted by molar-refractivity contribution is -0.146. The van der Waals surface area contributed by atoms with Crippen LogP contribution in [0, 0.1) is 23.2 Å². The number of hydrogen-bond acceptors (Lipinski definition) is 2. The van der Waals surface area contributed by atoms with Crippen LogP contribution in [0.1, 0.15) is 46.0 Å². The van der Waals surface area contributed by atoms with Gasteiger partial charge in [-0.2, -0.15) is 0 Å². The first-order valence-corrected chi connectivity index (χ1v) is 6.22. The van der Waals surface area contributed by atoms with Gasteiger partial charge in [-0.05, 0) is 37.0 Å². The minimum absolute atomic E-state index is 0.0485. The third-order valence-electron chi connectivity index (χ3n) is 4.93. The van der Waals surface area contributed by atoms with Crippen molar-refractivity contribution < 1.29 is 14.7 Å². The lowest BCUT2D eigenvalue weighted by Crippen LogP contribution is -2.40. The lowest BCUT2D eigenvalue weighted by Gasteiger charge is -2.41. The molecule has 1 N–H and O–H groups in total. The third kappa shape index (κ3) is 1.57. The van der Waals surface area contributed by atoms with E-state index in [2.05, 4.69) is 6.92 Å². The minimum atomic E-state index is -0.718. The molecule has 4 atom stereocenters. The van der Waals surface area contributed by atoms with Gasteiger partial charge in [0.05, 0.1) is 5.92 Å². The Balaban J connectivity index is 2.24. The lowest BCUT2D eigenvalue weighted by atomic mass is 9.62. The maximum Gasteiger partial charge on any atom is 0.306 e. The van der Waals surface area contributed by atoms with Gasteiger partial charge in [0.2, 0.25) is 0 Å². The van der Waals surface area contributed by atoms with Gasteiger partial charge >= 0.3 is 5.97 Å². The van der Waals surface area contributed by atoms with E-state index in [1.807, 2.05) is 0 Å². The summed E-state index contributed by atoms with van der Waals surface area (Å²) in [6.45, 7) is 3.92. The van der Waals surface area contributed by atoms with Crippen LogP contribution in [0.4, 0.5) is 0 Å². The molecule has 0 bridgehead atoms. The highest BCUT2D eigenvalue weighted by atomic mass is 16.4. The van der Waals surface area contributed by atoms with E-state index in [1.165, 1.54) is 0 Å². The maximum absolute atomic E-state index is 11.9. The fraction of sp³-hybridized carbons (Fsp3) is 0.846. The summed E-state index contributed by atoms with van der Waals surface area (Å²) in [7, 11) is 0. The Kier molecular flexibility index (Phi) is 2.81. The Morgan fingerprint density at radius 1 is 1.50 bits per heavy atom. The molecule has 2 rings (SSSR count). The largest absolute Gasteiger partial charge is 0.481 e. The van der Waals surface area contributed by atoms with Crippen molar-refractivity contribution in [3.63, 3.8) is 0 Å². The van der Waals surface area contributed by atoms with E-state index in [0.29, 0.717) is 12.2 Å². The number of carboxylic acids is 1. The number of carboxylic acid groups (broad SMARTS) is 1. The molecule has 0 spiro atoms. The van der Waals surface area contributed by atoms with Crippen molar-refractivity contribution in [3.8, 4) is 0 Å². The number of aliphatic carboxylic acids is 1. The first kappa shape index (κ1) is 11.6. The molecular formula is C13H20O3. The standard InChI is InChI=1S/C13H20O3/c1-8(12(15)16)9-5-6-10-11(14)4-3-7-13(9,10)2/h8-10H,3-7H2,1-2H3,(H,15,16)/t8-,9+,10-,13-/m0/s1. The van der Waals surface area contributed by atoms with E-state index < -0.39 is 5.97 Å². The van der Waals surface area contributed by atoms with Crippen molar-refractivity contribution in [2.75, 3.05) is 0 Å². The van der Waals surface area contributed by atoms with Gasteiger partial charge in [0.1, 0.15) is 5.78 Å². The van der Waals surface area contributed by atoms with E-state index in [0.717, 1.165) is 25.7 Å². The fourth-order valence-electron chi connectivity index (χ4n) is 3.96. The zero-order chi connectivity index (χ0) is 11.9. The highest BCUT2D eigenvalue weighted by Gasteiger charge is 2.53. The molecule has 0 aromatic heterocycles. The minimum Gasteiger partial charge on any atom is -0.481 e. The van der Waals surface area contributed by atoms with Gasteiger partial charge in [-0.1, -0.05) is 13.8 Å². The third-order valence-corrected chi connectivity index (χ3v) is 4.93. The topological polar surface area (TPSA) is 54.4 Å². The average molecular weight is 224 g/mol. The van der Waals surface area contributed by atoms with Crippen LogP contribution in [-0.4, -0.2) is 16.9 Å². The number of ketones is 1. The van der Waals surface area contributed by atoms with Gasteiger partial charge in [-0.25, -0.2) is 0 Å². The van der Waals surface area contributed by atoms with Crippen molar-refractivity contribution in [1.82, 2.24) is 0 Å². The van der Waals surface area contributed by atoms with E-state index in [-0.39, 0.29) is 23.2 Å². The Bertz CT molecular complexity index is 323. The number of hydrogen-bond donors (Lipinski definition) is 1. The highest BCUT2D eigenvalue weighted by molar-refractivity contribution is 5.83. The molecule has 0 aliphatic heterocycles. The SMILES string of the molecule is C[C@H](C(=O)O)[C@H]1CC[C@H]2C(=O)CCC[C@@]12C. The summed E-state index contributed by atoms with van der Waals surface area (Å²) in [6, 6.07) is 0. The van der Waals surface area contributed by atoms with Gasteiger partial charge in [-0.15, -0.1) is 0 Å². The Morgan fingerprint density at radius 2 is 2.19 bits per heavy atom. The quantitative estimate of drug-likeness (QED) is 0.784. The molecule has 2 fully saturated rings. The second-order valence-electron chi connectivity index (χ2n) is 5.69. The molecular weight excluding hydrogens is 204 g/mol. The number of Topliss-reactive ketones (excluding diaryl/α,β-unsaturated/α-hetero) is 1. The average Bonchev–Trinajstić information content (AvgIpc) is 2.55. The molecule has 2 aliphatic rings. The van der Waals surface area contributed by atoms with Crippen LogP contribution in [0.3, 0.4) is 0 Å². The molecule has 16 heavy (non-hydrogen) atoms. The second kappa shape index (κ2) is 3.86. The molecule has 2 aliphatic carbocycles. The van der Waals surface area contributed by atoms with Crippen molar-refractivity contribution in [2.24, 2.45) is 23.2 Å². The smallest absolute Gasteiger partial charge is 0.306 e. The van der Waals surface area contributed by atoms with E-state index >= 15 is 0 Å². The molecule has 0 saturated heterocycles. The number of rotatable bonds is 2. The predicted octanol–water partition coefficient (Wildman–Crippen LogP) is 2.49. The van der Waals surface area contributed by atoms with Crippen molar-refractivity contribution in [2.45, 2.75) is 46.0 Å². The summed E-state index contributed by atoms with van der Waals surface area (Å²) in [6.07, 6.45) is 4.47. The van der Waals surface area contributed by atoms with Gasteiger partial charge < -0.3 is 5.11 Å². The summed E-state index contributed by atoms with van der Waals surface area (Å²) in [5, 5.41) is 9.13. The Morgan fingerprint density at radius 3 is 2.81 bits per heavy atom. The number of fused-ring (bicyclic) bond motifs is 1. The molecule has 3 nitrogen and oxygen atoms in total. The molecule has 0 heterocycles. The molecule has 0 radical (unpaired) electrons. The molecule has 3 heteroatoms. The van der Waals surface area contributed by atoms with Gasteiger partial charge in [0.25, 0.3) is 0 Å². The van der Waals surface area contributed by atoms with Crippen LogP contribution < -0.4 is 0 Å². The van der Waals surface area contributed by atoms with Crippen molar-refractivity contribution >= 4 is 11.8 Å². The Labute approximate surface area is 96.2 Å². The van der Waals surface area contributed by atoms with Crippen LogP contribution in [0.25, 0.3) is 0 Å².